The van der Waals surface area contributed by atoms with Gasteiger partial charge in [-0.2, -0.15) is 0 Å². The van der Waals surface area contributed by atoms with E-state index in [9.17, 15) is 36.9 Å². The third-order valence-corrected chi connectivity index (χ3v) is 4.94. The second kappa shape index (κ2) is 9.16. The molecule has 3 N–H and O–H groups in total. The number of hydrogen-bond acceptors (Lipinski definition) is 6. The van der Waals surface area contributed by atoms with E-state index in [0.717, 1.165) is 12.1 Å². The van der Waals surface area contributed by atoms with Gasteiger partial charge in [-0.1, -0.05) is 6.07 Å². The number of amides is 2. The summed E-state index contributed by atoms with van der Waals surface area (Å²) in [7, 11) is -4.17. The monoisotopic (exact) mass is 428 g/mol. The van der Waals surface area contributed by atoms with Crippen molar-refractivity contribution in [1.29, 1.82) is 0 Å². The first-order chi connectivity index (χ1) is 13.6. The van der Waals surface area contributed by atoms with Gasteiger partial charge in [-0.05, 0) is 24.3 Å². The van der Waals surface area contributed by atoms with Crippen LogP contribution in [0.2, 0.25) is 0 Å². The van der Waals surface area contributed by atoms with Crippen molar-refractivity contribution in [3.8, 4) is 0 Å². The predicted molar refractivity (Wildman–Crippen MR) is 94.9 cm³/mol. The number of carbonyl (C=O) groups excluding carboxylic acids is 2. The van der Waals surface area contributed by atoms with Gasteiger partial charge in [0, 0.05) is 30.7 Å². The topological polar surface area (TPSA) is 148 Å². The van der Waals surface area contributed by atoms with Crippen LogP contribution in [-0.2, 0) is 14.8 Å². The zero-order valence-corrected chi connectivity index (χ0v) is 15.3. The molecule has 0 saturated carbocycles. The fourth-order valence-electron chi connectivity index (χ4n) is 2.05. The molecular weight excluding hydrogens is 414 g/mol. The summed E-state index contributed by atoms with van der Waals surface area (Å²) in [6.45, 7) is -0.389. The van der Waals surface area contributed by atoms with Crippen LogP contribution >= 0.6 is 0 Å². The van der Waals surface area contributed by atoms with E-state index in [1.807, 2.05) is 15.6 Å². The molecule has 2 amide bonds. The third-order valence-electron chi connectivity index (χ3n) is 3.48. The molecule has 0 aliphatic heterocycles. The number of halogens is 2. The van der Waals surface area contributed by atoms with Gasteiger partial charge in [0.2, 0.25) is 15.9 Å². The Kier molecular flexibility index (Phi) is 6.90. The van der Waals surface area contributed by atoms with Gasteiger partial charge in [-0.3, -0.25) is 30.6 Å². The Morgan fingerprint density at radius 1 is 1.03 bits per heavy atom. The van der Waals surface area contributed by atoms with Gasteiger partial charge < -0.3 is 0 Å². The lowest BCUT2D eigenvalue weighted by Crippen LogP contribution is -2.42. The van der Waals surface area contributed by atoms with Crippen molar-refractivity contribution in [2.45, 2.75) is 11.3 Å². The second-order valence-electron chi connectivity index (χ2n) is 5.53. The summed E-state index contributed by atoms with van der Waals surface area (Å²) in [5.74, 6) is -4.13. The summed E-state index contributed by atoms with van der Waals surface area (Å²) >= 11 is 0. The number of sulfonamides is 1. The lowest BCUT2D eigenvalue weighted by atomic mass is 10.2. The van der Waals surface area contributed by atoms with Gasteiger partial charge >= 0.3 is 0 Å². The highest BCUT2D eigenvalue weighted by Gasteiger charge is 2.17. The van der Waals surface area contributed by atoms with E-state index in [0.29, 0.717) is 12.1 Å². The van der Waals surface area contributed by atoms with Crippen LogP contribution in [0.15, 0.2) is 47.4 Å². The number of nitro groups is 1. The quantitative estimate of drug-likeness (QED) is 0.443. The largest absolute Gasteiger partial charge is 0.273 e. The molecule has 0 unspecified atom stereocenters. The molecule has 10 nitrogen and oxygen atoms in total. The van der Waals surface area contributed by atoms with Crippen LogP contribution in [0.4, 0.5) is 14.5 Å². The lowest BCUT2D eigenvalue weighted by molar-refractivity contribution is -0.384. The van der Waals surface area contributed by atoms with E-state index >= 15 is 0 Å². The van der Waals surface area contributed by atoms with Crippen molar-refractivity contribution in [3.05, 3.63) is 69.8 Å². The van der Waals surface area contributed by atoms with Crippen molar-refractivity contribution < 1.29 is 31.7 Å². The highest BCUT2D eigenvalue weighted by atomic mass is 32.2. The molecule has 0 bridgehead atoms. The maximum atomic E-state index is 13.1. The number of non-ortho nitro benzene ring substituents is 1. The average Bonchev–Trinajstić information content (AvgIpc) is 2.68. The van der Waals surface area contributed by atoms with Gasteiger partial charge in [0.15, 0.2) is 11.6 Å². The Morgan fingerprint density at radius 2 is 1.76 bits per heavy atom. The number of hydrazine groups is 1. The van der Waals surface area contributed by atoms with Crippen LogP contribution in [0.25, 0.3) is 0 Å². The van der Waals surface area contributed by atoms with Crippen molar-refractivity contribution in [3.63, 3.8) is 0 Å². The molecule has 0 aliphatic rings. The smallest absolute Gasteiger partial charge is 0.270 e. The van der Waals surface area contributed by atoms with Gasteiger partial charge in [-0.25, -0.2) is 21.9 Å². The predicted octanol–water partition coefficient (Wildman–Crippen LogP) is 1.00. The highest BCUT2D eigenvalue weighted by Crippen LogP contribution is 2.14. The standard InChI is InChI=1S/C16H14F2N4O6S/c17-13-5-4-12(9-14(13)18)29(27,28)19-7-6-15(23)20-21-16(24)10-2-1-3-11(8-10)22(25)26/h1-5,8-9,19H,6-7H2,(H,20,23)(H,21,24). The fourth-order valence-corrected chi connectivity index (χ4v) is 3.09. The van der Waals surface area contributed by atoms with Crippen LogP contribution < -0.4 is 15.6 Å². The molecule has 0 spiro atoms. The summed E-state index contributed by atoms with van der Waals surface area (Å²) in [4.78, 5) is 33.1. The average molecular weight is 428 g/mol. The lowest BCUT2D eigenvalue weighted by Gasteiger charge is -2.09. The van der Waals surface area contributed by atoms with Crippen molar-refractivity contribution in [2.24, 2.45) is 0 Å². The van der Waals surface area contributed by atoms with E-state index in [1.165, 1.54) is 18.2 Å². The minimum absolute atomic E-state index is 0.0708. The number of nitrogens with one attached hydrogen (secondary N) is 3. The molecule has 0 fully saturated rings. The van der Waals surface area contributed by atoms with Crippen LogP contribution in [0.1, 0.15) is 16.8 Å². The van der Waals surface area contributed by atoms with E-state index in [2.05, 4.69) is 0 Å². The van der Waals surface area contributed by atoms with Gasteiger partial charge in [0.25, 0.3) is 11.6 Å². The molecule has 2 rings (SSSR count). The third kappa shape index (κ3) is 6.02. The Labute approximate surface area is 163 Å². The minimum atomic E-state index is -4.17. The Morgan fingerprint density at radius 3 is 2.41 bits per heavy atom. The van der Waals surface area contributed by atoms with Crippen molar-refractivity contribution in [2.75, 3.05) is 6.54 Å². The normalized spacial score (nSPS) is 11.0. The SMILES string of the molecule is O=C(CCNS(=O)(=O)c1ccc(F)c(F)c1)NNC(=O)c1cccc([N+](=O)[O-])c1. The number of carbonyl (C=O) groups is 2. The van der Waals surface area contributed by atoms with Gasteiger partial charge in [0.1, 0.15) is 0 Å². The molecule has 2 aromatic rings. The number of rotatable bonds is 7. The molecular formula is C16H14F2N4O6S. The number of benzene rings is 2. The number of nitrogens with zero attached hydrogens (tertiary/aromatic N) is 1. The first kappa shape index (κ1) is 21.8. The molecule has 0 atom stereocenters. The zero-order valence-electron chi connectivity index (χ0n) is 14.5. The van der Waals surface area contributed by atoms with Crippen LogP contribution in [0.3, 0.4) is 0 Å². The molecule has 0 aliphatic carbocycles. The fraction of sp³-hybridized carbons (Fsp3) is 0.125. The molecule has 13 heteroatoms. The van der Waals surface area contributed by atoms with E-state index < -0.39 is 49.7 Å². The summed E-state index contributed by atoms with van der Waals surface area (Å²) in [6, 6.07) is 6.80. The summed E-state index contributed by atoms with van der Waals surface area (Å²) in [5.41, 5.74) is 3.67. The second-order valence-corrected chi connectivity index (χ2v) is 7.30. The maximum Gasteiger partial charge on any atom is 0.270 e. The van der Waals surface area contributed by atoms with Crippen LogP contribution in [0.5, 0.6) is 0 Å². The summed E-state index contributed by atoms with van der Waals surface area (Å²) in [5, 5.41) is 10.7. The zero-order chi connectivity index (χ0) is 21.6. The summed E-state index contributed by atoms with van der Waals surface area (Å²) in [6.07, 6.45) is -0.391. The number of nitro benzene ring substituents is 1. The van der Waals surface area contributed by atoms with Gasteiger partial charge in [0.05, 0.1) is 9.82 Å². The minimum Gasteiger partial charge on any atom is -0.273 e. The first-order valence-corrected chi connectivity index (χ1v) is 9.37. The summed E-state index contributed by atoms with van der Waals surface area (Å²) < 4.78 is 51.9. The molecule has 0 saturated heterocycles. The molecule has 154 valence electrons. The molecule has 0 heterocycles. The van der Waals surface area contributed by atoms with Gasteiger partial charge in [-0.15, -0.1) is 0 Å². The number of hydrogen-bond donors (Lipinski definition) is 3. The van der Waals surface area contributed by atoms with Crippen LogP contribution in [-0.4, -0.2) is 31.7 Å². The van der Waals surface area contributed by atoms with Crippen molar-refractivity contribution in [1.82, 2.24) is 15.6 Å². The maximum absolute atomic E-state index is 13.1. The first-order valence-electron chi connectivity index (χ1n) is 7.88. The van der Waals surface area contributed by atoms with Crippen molar-refractivity contribution >= 4 is 27.5 Å². The molecule has 29 heavy (non-hydrogen) atoms. The molecule has 0 aromatic heterocycles. The van der Waals surface area contributed by atoms with E-state index in [-0.39, 0.29) is 17.8 Å². The Hall–Kier alpha value is -3.45. The van der Waals surface area contributed by atoms with E-state index in [4.69, 9.17) is 0 Å². The Balaban J connectivity index is 1.84. The van der Waals surface area contributed by atoms with Crippen LogP contribution in [0, 0.1) is 21.7 Å². The Bertz CT molecular complexity index is 1060. The highest BCUT2D eigenvalue weighted by molar-refractivity contribution is 7.89. The molecule has 2 aromatic carbocycles. The molecule has 0 radical (unpaired) electrons. The van der Waals surface area contributed by atoms with E-state index in [1.54, 1.807) is 0 Å².